The lowest BCUT2D eigenvalue weighted by Crippen LogP contribution is -2.45. The van der Waals surface area contributed by atoms with Crippen LogP contribution in [0.3, 0.4) is 0 Å². The van der Waals surface area contributed by atoms with Gasteiger partial charge in [0, 0.05) is 29.9 Å². The van der Waals surface area contributed by atoms with Crippen LogP contribution < -0.4 is 11.1 Å². The van der Waals surface area contributed by atoms with Crippen LogP contribution in [0, 0.1) is 0 Å². The van der Waals surface area contributed by atoms with Crippen molar-refractivity contribution in [3.8, 4) is 0 Å². The van der Waals surface area contributed by atoms with Gasteiger partial charge in [0.15, 0.2) is 0 Å². The summed E-state index contributed by atoms with van der Waals surface area (Å²) in [5.74, 6) is 0. The number of nitrogens with two attached hydrogens (primary N) is 1. The molecule has 4 heteroatoms. The molecule has 1 fully saturated rings. The Labute approximate surface area is 96.9 Å². The zero-order valence-electron chi connectivity index (χ0n) is 8.94. The van der Waals surface area contributed by atoms with Crippen LogP contribution in [-0.4, -0.2) is 24.1 Å². The monoisotopic (exact) mass is 227 g/mol. The Bertz CT molecular complexity index is 294. The highest BCUT2D eigenvalue weighted by Crippen LogP contribution is 2.31. The van der Waals surface area contributed by atoms with E-state index in [2.05, 4.69) is 23.3 Å². The summed E-state index contributed by atoms with van der Waals surface area (Å²) in [6.45, 7) is 4.06. The number of nitrogens with zero attached hydrogens (tertiary/aromatic N) is 1. The van der Waals surface area contributed by atoms with E-state index < -0.39 is 0 Å². The fourth-order valence-corrected chi connectivity index (χ4v) is 2.21. The van der Waals surface area contributed by atoms with E-state index >= 15 is 0 Å². The summed E-state index contributed by atoms with van der Waals surface area (Å²) in [6.07, 6.45) is 2.93. The molecule has 1 aromatic heterocycles. The molecule has 1 aliphatic heterocycles. The van der Waals surface area contributed by atoms with Gasteiger partial charge in [0.2, 0.25) is 0 Å². The highest BCUT2D eigenvalue weighted by atomic mass is 35.5. The van der Waals surface area contributed by atoms with Crippen LogP contribution in [0.15, 0.2) is 24.4 Å². The molecule has 3 N–H and O–H groups in total. The number of halogens is 1. The van der Waals surface area contributed by atoms with Crippen LogP contribution in [0.5, 0.6) is 0 Å². The van der Waals surface area contributed by atoms with E-state index in [1.807, 2.05) is 18.3 Å². The van der Waals surface area contributed by atoms with Gasteiger partial charge in [-0.3, -0.25) is 4.98 Å². The topological polar surface area (TPSA) is 50.9 Å². The highest BCUT2D eigenvalue weighted by Gasteiger charge is 2.40. The second-order valence-electron chi connectivity index (χ2n) is 4.09. The van der Waals surface area contributed by atoms with Gasteiger partial charge in [-0.1, -0.05) is 6.07 Å². The molecule has 1 aromatic rings. The van der Waals surface area contributed by atoms with Gasteiger partial charge in [-0.2, -0.15) is 0 Å². The van der Waals surface area contributed by atoms with E-state index in [0.29, 0.717) is 0 Å². The third-order valence-electron chi connectivity index (χ3n) is 3.23. The molecule has 2 heterocycles. The summed E-state index contributed by atoms with van der Waals surface area (Å²) >= 11 is 0. The standard InChI is InChI=1S/C11H17N3.ClH/c1-9(12)11(5-7-13-8-11)10-4-2-3-6-14-10;/h2-4,6,9,13H,5,7-8,12H2,1H3;1H. The molecule has 0 spiro atoms. The number of aromatic nitrogens is 1. The van der Waals surface area contributed by atoms with Crippen LogP contribution in [0.4, 0.5) is 0 Å². The number of nitrogens with one attached hydrogen (secondary N) is 1. The van der Waals surface area contributed by atoms with Crippen molar-refractivity contribution in [3.63, 3.8) is 0 Å². The SMILES string of the molecule is CC(N)C1(c2ccccn2)CCNC1.Cl. The molecule has 84 valence electrons. The summed E-state index contributed by atoms with van der Waals surface area (Å²) in [5.41, 5.74) is 7.25. The van der Waals surface area contributed by atoms with Crippen molar-refractivity contribution in [2.75, 3.05) is 13.1 Å². The summed E-state index contributed by atoms with van der Waals surface area (Å²) < 4.78 is 0. The first-order valence-corrected chi connectivity index (χ1v) is 5.13. The molecule has 0 amide bonds. The van der Waals surface area contributed by atoms with Crippen molar-refractivity contribution < 1.29 is 0 Å². The maximum absolute atomic E-state index is 6.08. The van der Waals surface area contributed by atoms with Gasteiger partial charge in [-0.15, -0.1) is 12.4 Å². The average Bonchev–Trinajstić information content (AvgIpc) is 2.69. The molecule has 0 aliphatic carbocycles. The van der Waals surface area contributed by atoms with Crippen molar-refractivity contribution in [3.05, 3.63) is 30.1 Å². The van der Waals surface area contributed by atoms with Gasteiger partial charge < -0.3 is 11.1 Å². The number of hydrogen-bond acceptors (Lipinski definition) is 3. The molecular weight excluding hydrogens is 210 g/mol. The fraction of sp³-hybridized carbons (Fsp3) is 0.545. The molecule has 2 unspecified atom stereocenters. The van der Waals surface area contributed by atoms with Crippen LogP contribution in [0.1, 0.15) is 19.0 Å². The number of hydrogen-bond donors (Lipinski definition) is 2. The third-order valence-corrected chi connectivity index (χ3v) is 3.23. The van der Waals surface area contributed by atoms with E-state index in [0.717, 1.165) is 25.2 Å². The van der Waals surface area contributed by atoms with E-state index in [1.165, 1.54) is 0 Å². The van der Waals surface area contributed by atoms with E-state index in [4.69, 9.17) is 5.73 Å². The van der Waals surface area contributed by atoms with Crippen molar-refractivity contribution in [1.29, 1.82) is 0 Å². The quantitative estimate of drug-likeness (QED) is 0.795. The zero-order chi connectivity index (χ0) is 10.0. The minimum atomic E-state index is 0. The molecule has 1 saturated heterocycles. The maximum Gasteiger partial charge on any atom is 0.0494 e. The molecule has 0 saturated carbocycles. The third kappa shape index (κ3) is 2.14. The molecule has 3 nitrogen and oxygen atoms in total. The predicted molar refractivity (Wildman–Crippen MR) is 64.3 cm³/mol. The number of pyridine rings is 1. The molecule has 2 rings (SSSR count). The smallest absolute Gasteiger partial charge is 0.0494 e. The molecule has 1 aliphatic rings. The van der Waals surface area contributed by atoms with Crippen molar-refractivity contribution >= 4 is 12.4 Å². The van der Waals surface area contributed by atoms with Gasteiger partial charge in [0.05, 0.1) is 0 Å². The Hall–Kier alpha value is -0.640. The summed E-state index contributed by atoms with van der Waals surface area (Å²) in [5, 5.41) is 3.37. The summed E-state index contributed by atoms with van der Waals surface area (Å²) in [7, 11) is 0. The zero-order valence-corrected chi connectivity index (χ0v) is 9.76. The molecule has 0 radical (unpaired) electrons. The highest BCUT2D eigenvalue weighted by molar-refractivity contribution is 5.85. The van der Waals surface area contributed by atoms with Crippen molar-refractivity contribution in [2.24, 2.45) is 5.73 Å². The van der Waals surface area contributed by atoms with Crippen molar-refractivity contribution in [1.82, 2.24) is 10.3 Å². The maximum atomic E-state index is 6.08. The van der Waals surface area contributed by atoms with Crippen LogP contribution in [-0.2, 0) is 5.41 Å². The summed E-state index contributed by atoms with van der Waals surface area (Å²) in [6, 6.07) is 6.20. The summed E-state index contributed by atoms with van der Waals surface area (Å²) in [4.78, 5) is 4.43. The molecule has 2 atom stereocenters. The lowest BCUT2D eigenvalue weighted by molar-refractivity contribution is 0.382. The lowest BCUT2D eigenvalue weighted by Gasteiger charge is -2.31. The second-order valence-corrected chi connectivity index (χ2v) is 4.09. The van der Waals surface area contributed by atoms with Gasteiger partial charge in [-0.05, 0) is 32.0 Å². The molecule has 0 bridgehead atoms. The van der Waals surface area contributed by atoms with Gasteiger partial charge in [-0.25, -0.2) is 0 Å². The molecular formula is C11H18ClN3. The largest absolute Gasteiger partial charge is 0.327 e. The molecule has 0 aromatic carbocycles. The Morgan fingerprint density at radius 1 is 1.53 bits per heavy atom. The second kappa shape index (κ2) is 4.92. The van der Waals surface area contributed by atoms with Crippen LogP contribution in [0.25, 0.3) is 0 Å². The first-order valence-electron chi connectivity index (χ1n) is 5.13. The minimum absolute atomic E-state index is 0. The van der Waals surface area contributed by atoms with E-state index in [-0.39, 0.29) is 23.9 Å². The normalized spacial score (nSPS) is 27.1. The van der Waals surface area contributed by atoms with E-state index in [9.17, 15) is 0 Å². The number of rotatable bonds is 2. The van der Waals surface area contributed by atoms with E-state index in [1.54, 1.807) is 0 Å². The lowest BCUT2D eigenvalue weighted by atomic mass is 9.77. The Kier molecular flexibility index (Phi) is 4.08. The minimum Gasteiger partial charge on any atom is -0.327 e. The Morgan fingerprint density at radius 2 is 2.33 bits per heavy atom. The Morgan fingerprint density at radius 3 is 2.80 bits per heavy atom. The average molecular weight is 228 g/mol. The Balaban J connectivity index is 0.00000112. The van der Waals surface area contributed by atoms with Gasteiger partial charge >= 0.3 is 0 Å². The first-order chi connectivity index (χ1) is 6.76. The van der Waals surface area contributed by atoms with Crippen molar-refractivity contribution in [2.45, 2.75) is 24.8 Å². The fourth-order valence-electron chi connectivity index (χ4n) is 2.21. The molecule has 15 heavy (non-hydrogen) atoms. The van der Waals surface area contributed by atoms with Gasteiger partial charge in [0.1, 0.15) is 0 Å². The van der Waals surface area contributed by atoms with Crippen LogP contribution in [0.2, 0.25) is 0 Å². The predicted octanol–water partition coefficient (Wildman–Crippen LogP) is 1.08. The first kappa shape index (κ1) is 12.4. The van der Waals surface area contributed by atoms with Crippen LogP contribution >= 0.6 is 12.4 Å². The van der Waals surface area contributed by atoms with Gasteiger partial charge in [0.25, 0.3) is 0 Å².